The van der Waals surface area contributed by atoms with Crippen LogP contribution in [0.2, 0.25) is 0 Å². The second-order valence-electron chi connectivity index (χ2n) is 5.87. The summed E-state index contributed by atoms with van der Waals surface area (Å²) in [6, 6.07) is 9.82. The van der Waals surface area contributed by atoms with E-state index in [-0.39, 0.29) is 0 Å². The van der Waals surface area contributed by atoms with Crippen LogP contribution in [0, 0.1) is 5.92 Å². The Hall–Kier alpha value is -0.340. The Morgan fingerprint density at radius 2 is 2.00 bits per heavy atom. The monoisotopic (exact) mass is 323 g/mol. The number of hydrogen-bond acceptors (Lipinski definition) is 1. The average Bonchev–Trinajstić information content (AvgIpc) is 2.45. The Morgan fingerprint density at radius 3 is 2.63 bits per heavy atom. The SMILES string of the molecule is CCC(NC(C)C1CCCCC1)c1cccc(Br)c1. The maximum Gasteiger partial charge on any atom is 0.0320 e. The van der Waals surface area contributed by atoms with E-state index in [2.05, 4.69) is 59.4 Å². The third kappa shape index (κ3) is 4.32. The summed E-state index contributed by atoms with van der Waals surface area (Å²) in [7, 11) is 0. The molecule has 0 spiro atoms. The summed E-state index contributed by atoms with van der Waals surface area (Å²) < 4.78 is 1.18. The second-order valence-corrected chi connectivity index (χ2v) is 6.78. The van der Waals surface area contributed by atoms with Gasteiger partial charge < -0.3 is 5.32 Å². The van der Waals surface area contributed by atoms with E-state index in [0.29, 0.717) is 12.1 Å². The molecule has 1 saturated carbocycles. The van der Waals surface area contributed by atoms with Crippen LogP contribution in [0.15, 0.2) is 28.7 Å². The Labute approximate surface area is 126 Å². The summed E-state index contributed by atoms with van der Waals surface area (Å²) in [6.07, 6.45) is 8.24. The van der Waals surface area contributed by atoms with Crippen molar-refractivity contribution >= 4 is 15.9 Å². The van der Waals surface area contributed by atoms with Crippen molar-refractivity contribution in [1.82, 2.24) is 5.32 Å². The third-order valence-corrected chi connectivity index (χ3v) is 4.97. The molecule has 1 aliphatic rings. The van der Waals surface area contributed by atoms with Crippen LogP contribution in [0.4, 0.5) is 0 Å². The van der Waals surface area contributed by atoms with Crippen molar-refractivity contribution in [3.63, 3.8) is 0 Å². The van der Waals surface area contributed by atoms with E-state index in [4.69, 9.17) is 0 Å². The molecule has 2 heteroatoms. The van der Waals surface area contributed by atoms with Gasteiger partial charge in [-0.15, -0.1) is 0 Å². The van der Waals surface area contributed by atoms with Crippen LogP contribution in [0.25, 0.3) is 0 Å². The third-order valence-electron chi connectivity index (χ3n) is 4.48. The summed E-state index contributed by atoms with van der Waals surface area (Å²) >= 11 is 3.57. The Balaban J connectivity index is 1.98. The Bertz CT molecular complexity index is 385. The highest BCUT2D eigenvalue weighted by atomic mass is 79.9. The molecule has 2 unspecified atom stereocenters. The number of nitrogens with one attached hydrogen (secondary N) is 1. The number of rotatable bonds is 5. The van der Waals surface area contributed by atoms with Crippen LogP contribution in [0.5, 0.6) is 0 Å². The molecule has 1 N–H and O–H groups in total. The number of hydrogen-bond donors (Lipinski definition) is 1. The van der Waals surface area contributed by atoms with Gasteiger partial charge in [-0.25, -0.2) is 0 Å². The van der Waals surface area contributed by atoms with Crippen LogP contribution in [0.1, 0.15) is 64.0 Å². The zero-order chi connectivity index (χ0) is 13.7. The zero-order valence-corrected chi connectivity index (χ0v) is 13.7. The standard InChI is InChI=1S/C17H26BrN/c1-3-17(15-10-7-11-16(18)12-15)19-13(2)14-8-5-4-6-9-14/h7,10-14,17,19H,3-6,8-9H2,1-2H3. The summed E-state index contributed by atoms with van der Waals surface area (Å²) in [4.78, 5) is 0. The second kappa shape index (κ2) is 7.44. The van der Waals surface area contributed by atoms with Crippen molar-refractivity contribution in [1.29, 1.82) is 0 Å². The maximum atomic E-state index is 3.86. The molecule has 19 heavy (non-hydrogen) atoms. The molecule has 1 aromatic carbocycles. The van der Waals surface area contributed by atoms with E-state index in [0.717, 1.165) is 12.3 Å². The molecule has 0 saturated heterocycles. The van der Waals surface area contributed by atoms with Crippen molar-refractivity contribution < 1.29 is 0 Å². The highest BCUT2D eigenvalue weighted by Crippen LogP contribution is 2.28. The molecule has 2 rings (SSSR count). The lowest BCUT2D eigenvalue weighted by Gasteiger charge is -2.31. The normalized spacial score (nSPS) is 20.2. The summed E-state index contributed by atoms with van der Waals surface area (Å²) in [5.74, 6) is 0.870. The van der Waals surface area contributed by atoms with Crippen molar-refractivity contribution in [2.24, 2.45) is 5.92 Å². The molecule has 0 radical (unpaired) electrons. The van der Waals surface area contributed by atoms with Crippen LogP contribution in [-0.4, -0.2) is 6.04 Å². The molecule has 0 amide bonds. The van der Waals surface area contributed by atoms with Gasteiger partial charge in [0, 0.05) is 16.6 Å². The lowest BCUT2D eigenvalue weighted by molar-refractivity contribution is 0.262. The minimum Gasteiger partial charge on any atom is -0.307 e. The highest BCUT2D eigenvalue weighted by Gasteiger charge is 2.22. The predicted octanol–water partition coefficient (Wildman–Crippen LogP) is 5.46. The molecule has 1 fully saturated rings. The summed E-state index contributed by atoms with van der Waals surface area (Å²) in [5, 5.41) is 3.86. The molecule has 106 valence electrons. The largest absolute Gasteiger partial charge is 0.307 e. The lowest BCUT2D eigenvalue weighted by Crippen LogP contribution is -2.37. The van der Waals surface area contributed by atoms with Crippen molar-refractivity contribution in [3.05, 3.63) is 34.3 Å². The van der Waals surface area contributed by atoms with E-state index < -0.39 is 0 Å². The van der Waals surface area contributed by atoms with Crippen molar-refractivity contribution in [2.75, 3.05) is 0 Å². The highest BCUT2D eigenvalue weighted by molar-refractivity contribution is 9.10. The van der Waals surface area contributed by atoms with Crippen molar-refractivity contribution in [2.45, 2.75) is 64.5 Å². The fraction of sp³-hybridized carbons (Fsp3) is 0.647. The molecule has 1 nitrogen and oxygen atoms in total. The molecular weight excluding hydrogens is 298 g/mol. The van der Waals surface area contributed by atoms with Gasteiger partial charge in [0.15, 0.2) is 0 Å². The van der Waals surface area contributed by atoms with E-state index in [1.165, 1.54) is 42.1 Å². The molecule has 0 aromatic heterocycles. The van der Waals surface area contributed by atoms with Gasteiger partial charge in [0.05, 0.1) is 0 Å². The molecule has 0 bridgehead atoms. The van der Waals surface area contributed by atoms with Crippen molar-refractivity contribution in [3.8, 4) is 0 Å². The molecule has 1 aliphatic carbocycles. The molecular formula is C17H26BrN. The fourth-order valence-electron chi connectivity index (χ4n) is 3.26. The van der Waals surface area contributed by atoms with Gasteiger partial charge in [-0.1, -0.05) is 54.2 Å². The van der Waals surface area contributed by atoms with E-state index in [1.807, 2.05) is 0 Å². The van der Waals surface area contributed by atoms with Crippen LogP contribution in [-0.2, 0) is 0 Å². The minimum absolute atomic E-state index is 0.481. The first kappa shape index (κ1) is 15.1. The fourth-order valence-corrected chi connectivity index (χ4v) is 3.68. The van der Waals surface area contributed by atoms with Gasteiger partial charge in [0.1, 0.15) is 0 Å². The Kier molecular flexibility index (Phi) is 5.90. The van der Waals surface area contributed by atoms with Gasteiger partial charge in [-0.05, 0) is 49.8 Å². The van der Waals surface area contributed by atoms with Gasteiger partial charge in [-0.2, -0.15) is 0 Å². The molecule has 0 aliphatic heterocycles. The Morgan fingerprint density at radius 1 is 1.26 bits per heavy atom. The zero-order valence-electron chi connectivity index (χ0n) is 12.2. The first-order valence-electron chi connectivity index (χ1n) is 7.72. The number of halogens is 1. The van der Waals surface area contributed by atoms with E-state index in [9.17, 15) is 0 Å². The summed E-state index contributed by atoms with van der Waals surface area (Å²) in [6.45, 7) is 4.64. The maximum absolute atomic E-state index is 3.86. The molecule has 0 heterocycles. The first-order chi connectivity index (χ1) is 9.20. The van der Waals surface area contributed by atoms with Gasteiger partial charge in [0.25, 0.3) is 0 Å². The predicted molar refractivity (Wildman–Crippen MR) is 86.3 cm³/mol. The van der Waals surface area contributed by atoms with Crippen LogP contribution < -0.4 is 5.32 Å². The minimum atomic E-state index is 0.481. The average molecular weight is 324 g/mol. The van der Waals surface area contributed by atoms with Crippen LogP contribution >= 0.6 is 15.9 Å². The van der Waals surface area contributed by atoms with Gasteiger partial charge in [0.2, 0.25) is 0 Å². The number of benzene rings is 1. The molecule has 1 aromatic rings. The van der Waals surface area contributed by atoms with Gasteiger partial charge in [-0.3, -0.25) is 0 Å². The lowest BCUT2D eigenvalue weighted by atomic mass is 9.84. The first-order valence-corrected chi connectivity index (χ1v) is 8.51. The topological polar surface area (TPSA) is 12.0 Å². The molecule has 2 atom stereocenters. The quantitative estimate of drug-likeness (QED) is 0.758. The smallest absolute Gasteiger partial charge is 0.0320 e. The van der Waals surface area contributed by atoms with E-state index in [1.54, 1.807) is 0 Å². The van der Waals surface area contributed by atoms with Gasteiger partial charge >= 0.3 is 0 Å². The van der Waals surface area contributed by atoms with Crippen LogP contribution in [0.3, 0.4) is 0 Å². The summed E-state index contributed by atoms with van der Waals surface area (Å²) in [5.41, 5.74) is 1.40. The van der Waals surface area contributed by atoms with E-state index >= 15 is 0 Å².